The Morgan fingerprint density at radius 3 is 2.47 bits per heavy atom. The Balaban J connectivity index is 1.92. The van der Waals surface area contributed by atoms with Gasteiger partial charge in [0.1, 0.15) is 5.75 Å². The third-order valence-electron chi connectivity index (χ3n) is 5.12. The number of nitrogens with zero attached hydrogens (tertiary/aromatic N) is 1. The molecule has 2 aromatic rings. The average molecular weight is 446 g/mol. The summed E-state index contributed by atoms with van der Waals surface area (Å²) in [7, 11) is -2.53. The summed E-state index contributed by atoms with van der Waals surface area (Å²) in [6.45, 7) is 7.57. The summed E-state index contributed by atoms with van der Waals surface area (Å²) in [5.74, 6) is 0.0136. The molecule has 0 saturated carbocycles. The Labute approximate surface area is 182 Å². The van der Waals surface area contributed by atoms with Crippen molar-refractivity contribution in [3.05, 3.63) is 77.3 Å². The number of halogens is 1. The van der Waals surface area contributed by atoms with Crippen molar-refractivity contribution in [2.45, 2.75) is 30.6 Å². The first kappa shape index (κ1) is 22.1. The number of carbonyl (C=O) groups excluding carboxylic acids is 1. The fraction of sp³-hybridized carbons (Fsp3) is 0.261. The number of carbonyl (C=O) groups is 1. The van der Waals surface area contributed by atoms with E-state index in [1.54, 1.807) is 18.2 Å². The molecule has 0 N–H and O–H groups in total. The fourth-order valence-electron chi connectivity index (χ4n) is 3.64. The van der Waals surface area contributed by atoms with E-state index in [0.29, 0.717) is 10.8 Å². The van der Waals surface area contributed by atoms with Gasteiger partial charge in [-0.2, -0.15) is 0 Å². The molecule has 1 amide bonds. The van der Waals surface area contributed by atoms with E-state index < -0.39 is 15.9 Å². The lowest BCUT2D eigenvalue weighted by molar-refractivity contribution is -0.125. The Bertz CT molecular complexity index is 1120. The van der Waals surface area contributed by atoms with Crippen LogP contribution in [0, 0.1) is 0 Å². The van der Waals surface area contributed by atoms with Gasteiger partial charge >= 0.3 is 0 Å². The number of rotatable bonds is 7. The van der Waals surface area contributed by atoms with Crippen molar-refractivity contribution in [2.75, 3.05) is 13.7 Å². The minimum absolute atomic E-state index is 0.0198. The minimum Gasteiger partial charge on any atom is -0.497 e. The Hall–Kier alpha value is -2.57. The predicted octanol–water partition coefficient (Wildman–Crippen LogP) is 4.82. The SMILES string of the molecule is C=CCN(C(=O)CC1=CC(C)(C)c2cc(Cl)ccc21)S(=O)(=O)c1ccc(OC)cc1. The number of sulfonamides is 1. The molecule has 0 saturated heterocycles. The average Bonchev–Trinajstić information content (AvgIpc) is 2.95. The van der Waals surface area contributed by atoms with E-state index in [1.807, 2.05) is 32.1 Å². The predicted molar refractivity (Wildman–Crippen MR) is 119 cm³/mol. The van der Waals surface area contributed by atoms with Gasteiger partial charge < -0.3 is 4.74 Å². The maximum atomic E-state index is 13.1. The van der Waals surface area contributed by atoms with Gasteiger partial charge in [0, 0.05) is 10.4 Å². The summed E-state index contributed by atoms with van der Waals surface area (Å²) in [6.07, 6.45) is 3.36. The number of ether oxygens (including phenoxy) is 1. The molecule has 0 aromatic heterocycles. The Morgan fingerprint density at radius 2 is 1.87 bits per heavy atom. The molecule has 30 heavy (non-hydrogen) atoms. The van der Waals surface area contributed by atoms with Crippen molar-refractivity contribution in [3.8, 4) is 5.75 Å². The minimum atomic E-state index is -4.03. The lowest BCUT2D eigenvalue weighted by atomic mass is 9.87. The molecule has 1 aliphatic rings. The van der Waals surface area contributed by atoms with Crippen LogP contribution < -0.4 is 4.74 Å². The molecule has 5 nitrogen and oxygen atoms in total. The van der Waals surface area contributed by atoms with Crippen LogP contribution in [0.3, 0.4) is 0 Å². The summed E-state index contributed by atoms with van der Waals surface area (Å²) < 4.78 is 32.2. The third-order valence-corrected chi connectivity index (χ3v) is 7.15. The number of allylic oxidation sites excluding steroid dienone is 1. The molecule has 0 bridgehead atoms. The van der Waals surface area contributed by atoms with Gasteiger partial charge in [0.25, 0.3) is 10.0 Å². The quantitative estimate of drug-likeness (QED) is 0.573. The molecule has 1 aliphatic carbocycles. The topological polar surface area (TPSA) is 63.7 Å². The smallest absolute Gasteiger partial charge is 0.266 e. The number of hydrogen-bond acceptors (Lipinski definition) is 4. The number of fused-ring (bicyclic) bond motifs is 1. The maximum Gasteiger partial charge on any atom is 0.266 e. The molecular formula is C23H24ClNO4S. The first-order valence-electron chi connectivity index (χ1n) is 9.43. The van der Waals surface area contributed by atoms with Crippen LogP contribution in [-0.4, -0.2) is 32.3 Å². The fourth-order valence-corrected chi connectivity index (χ4v) is 5.19. The van der Waals surface area contributed by atoms with Crippen LogP contribution in [0.4, 0.5) is 0 Å². The van der Waals surface area contributed by atoms with E-state index in [9.17, 15) is 13.2 Å². The van der Waals surface area contributed by atoms with E-state index in [-0.39, 0.29) is 23.3 Å². The Morgan fingerprint density at radius 1 is 1.20 bits per heavy atom. The summed E-state index contributed by atoms with van der Waals surface area (Å²) in [6, 6.07) is 11.5. The van der Waals surface area contributed by atoms with Gasteiger partial charge in [0.05, 0.1) is 25.0 Å². The van der Waals surface area contributed by atoms with Crippen LogP contribution in [0.15, 0.2) is 66.1 Å². The second-order valence-corrected chi connectivity index (χ2v) is 9.95. The monoisotopic (exact) mass is 445 g/mol. The van der Waals surface area contributed by atoms with Crippen LogP contribution in [0.25, 0.3) is 5.57 Å². The zero-order valence-electron chi connectivity index (χ0n) is 17.2. The first-order chi connectivity index (χ1) is 14.1. The van der Waals surface area contributed by atoms with Crippen LogP contribution in [0.5, 0.6) is 5.75 Å². The van der Waals surface area contributed by atoms with Gasteiger partial charge in [0.2, 0.25) is 5.91 Å². The highest BCUT2D eigenvalue weighted by atomic mass is 35.5. The number of hydrogen-bond donors (Lipinski definition) is 0. The first-order valence-corrected chi connectivity index (χ1v) is 11.2. The van der Waals surface area contributed by atoms with Crippen LogP contribution in [0.1, 0.15) is 31.4 Å². The van der Waals surface area contributed by atoms with E-state index >= 15 is 0 Å². The number of methoxy groups -OCH3 is 1. The van der Waals surface area contributed by atoms with E-state index in [1.165, 1.54) is 25.3 Å². The normalized spacial score (nSPS) is 14.6. The number of benzene rings is 2. The Kier molecular flexibility index (Phi) is 6.11. The van der Waals surface area contributed by atoms with Gasteiger partial charge in [-0.25, -0.2) is 12.7 Å². The molecule has 0 fully saturated rings. The van der Waals surface area contributed by atoms with Crippen molar-refractivity contribution in [1.82, 2.24) is 4.31 Å². The molecule has 7 heteroatoms. The molecule has 0 heterocycles. The molecule has 2 aromatic carbocycles. The van der Waals surface area contributed by atoms with Crippen molar-refractivity contribution in [3.63, 3.8) is 0 Å². The third kappa shape index (κ3) is 4.16. The maximum absolute atomic E-state index is 13.1. The van der Waals surface area contributed by atoms with E-state index in [0.717, 1.165) is 21.0 Å². The highest BCUT2D eigenvalue weighted by molar-refractivity contribution is 7.89. The highest BCUT2D eigenvalue weighted by Gasteiger charge is 2.34. The molecule has 0 radical (unpaired) electrons. The summed E-state index contributed by atoms with van der Waals surface area (Å²) >= 11 is 6.15. The van der Waals surface area contributed by atoms with Crippen molar-refractivity contribution in [2.24, 2.45) is 0 Å². The lowest BCUT2D eigenvalue weighted by Gasteiger charge is -2.22. The van der Waals surface area contributed by atoms with Gasteiger partial charge in [-0.05, 0) is 53.1 Å². The lowest BCUT2D eigenvalue weighted by Crippen LogP contribution is -2.37. The second-order valence-electron chi connectivity index (χ2n) is 7.65. The molecule has 3 rings (SSSR count). The summed E-state index contributed by atoms with van der Waals surface area (Å²) in [5.41, 5.74) is 2.42. The standard InChI is InChI=1S/C23H24ClNO4S/c1-5-12-25(30(27,28)19-9-7-18(29-4)8-10-19)22(26)13-16-15-23(2,3)21-14-17(24)6-11-20(16)21/h5-11,14-15H,1,12-13H2,2-4H3. The highest BCUT2D eigenvalue weighted by Crippen LogP contribution is 2.43. The van der Waals surface area contributed by atoms with Gasteiger partial charge in [-0.3, -0.25) is 4.79 Å². The number of amides is 1. The summed E-state index contributed by atoms with van der Waals surface area (Å²) in [4.78, 5) is 13.1. The molecule has 0 unspecified atom stereocenters. The zero-order chi connectivity index (χ0) is 22.1. The summed E-state index contributed by atoms with van der Waals surface area (Å²) in [5, 5.41) is 0.623. The molecule has 158 valence electrons. The molecular weight excluding hydrogens is 422 g/mol. The van der Waals surface area contributed by atoms with Crippen LogP contribution >= 0.6 is 11.6 Å². The molecule has 0 atom stereocenters. The zero-order valence-corrected chi connectivity index (χ0v) is 18.8. The van der Waals surface area contributed by atoms with Gasteiger partial charge in [-0.15, -0.1) is 6.58 Å². The van der Waals surface area contributed by atoms with Crippen LogP contribution in [-0.2, 0) is 20.2 Å². The van der Waals surface area contributed by atoms with E-state index in [4.69, 9.17) is 16.3 Å². The second kappa shape index (κ2) is 8.28. The van der Waals surface area contributed by atoms with Gasteiger partial charge in [-0.1, -0.05) is 43.7 Å². The van der Waals surface area contributed by atoms with Crippen LogP contribution in [0.2, 0.25) is 5.02 Å². The van der Waals surface area contributed by atoms with Crippen molar-refractivity contribution >= 4 is 33.1 Å². The molecule has 0 spiro atoms. The van der Waals surface area contributed by atoms with E-state index in [2.05, 4.69) is 6.58 Å². The molecule has 0 aliphatic heterocycles. The van der Waals surface area contributed by atoms with Crippen molar-refractivity contribution < 1.29 is 17.9 Å². The van der Waals surface area contributed by atoms with Crippen molar-refractivity contribution in [1.29, 1.82) is 0 Å². The van der Waals surface area contributed by atoms with Gasteiger partial charge in [0.15, 0.2) is 0 Å². The largest absolute Gasteiger partial charge is 0.497 e.